The Morgan fingerprint density at radius 2 is 1.86 bits per heavy atom. The van der Waals surface area contributed by atoms with Crippen LogP contribution in [0.2, 0.25) is 0 Å². The fraction of sp³-hybridized carbons (Fsp3) is 0.292. The predicted molar refractivity (Wildman–Crippen MR) is 136 cm³/mol. The van der Waals surface area contributed by atoms with Gasteiger partial charge in [-0.15, -0.1) is 18.3 Å². The van der Waals surface area contributed by atoms with Gasteiger partial charge in [-0.1, -0.05) is 12.1 Å². The number of primary amides is 1. The van der Waals surface area contributed by atoms with E-state index in [1.165, 1.54) is 28.7 Å². The molecule has 0 bridgehead atoms. The van der Waals surface area contributed by atoms with Crippen LogP contribution in [0.3, 0.4) is 0 Å². The molecule has 0 atom stereocenters. The van der Waals surface area contributed by atoms with Crippen molar-refractivity contribution in [1.29, 1.82) is 0 Å². The molecule has 4 heterocycles. The first-order chi connectivity index (χ1) is 16.3. The molecule has 1 aliphatic rings. The summed E-state index contributed by atoms with van der Waals surface area (Å²) in [4.78, 5) is 30.2. The van der Waals surface area contributed by atoms with Crippen LogP contribution in [-0.4, -0.2) is 45.1 Å². The van der Waals surface area contributed by atoms with Crippen molar-refractivity contribution in [2.45, 2.75) is 25.7 Å². The number of fused-ring (bicyclic) bond motifs is 2. The number of hydrogen-bond acceptors (Lipinski definition) is 7. The van der Waals surface area contributed by atoms with Crippen molar-refractivity contribution in [3.8, 4) is 0 Å². The van der Waals surface area contributed by atoms with Crippen LogP contribution in [0.15, 0.2) is 42.9 Å². The Morgan fingerprint density at radius 3 is 2.51 bits per heavy atom. The summed E-state index contributed by atoms with van der Waals surface area (Å²) in [7, 11) is 0. The minimum absolute atomic E-state index is 0. The maximum absolute atomic E-state index is 11.0. The summed E-state index contributed by atoms with van der Waals surface area (Å²) >= 11 is 1.86. The first-order valence-electron chi connectivity index (χ1n) is 11.0. The van der Waals surface area contributed by atoms with Crippen molar-refractivity contribution < 1.29 is 56.5 Å². The molecule has 0 radical (unpaired) electrons. The van der Waals surface area contributed by atoms with Gasteiger partial charge >= 0.3 is 58.7 Å². The summed E-state index contributed by atoms with van der Waals surface area (Å²) in [5.74, 6) is -0.922. The van der Waals surface area contributed by atoms with E-state index in [-0.39, 0.29) is 46.9 Å². The van der Waals surface area contributed by atoms with Crippen molar-refractivity contribution >= 4 is 50.0 Å². The third-order valence-electron chi connectivity index (χ3n) is 4.83. The number of amides is 2. The zero-order valence-corrected chi connectivity index (χ0v) is 21.9. The standard InChI is InChI=1S/C12H14N2S.C8H7N5O2.C4H8.Yb/c1-2-4-11-10(3-1)14-12(15-11)9-5-7-13-8-6-9;9-7(14)8(15)12-5-3-10-1-4-2-11-13-6(4)5;1-4(2)3;/h1-4,9,13H,5-8H2;1-3H,(H2,9,14)(H,11,13)(H,12,15);4H,1-2H2,3H3;/q;;-2;+2. The van der Waals surface area contributed by atoms with Crippen LogP contribution in [0, 0.1) is 66.7 Å². The van der Waals surface area contributed by atoms with Gasteiger partial charge in [0.15, 0.2) is 0 Å². The molecule has 5 N–H and O–H groups in total. The van der Waals surface area contributed by atoms with Crippen molar-refractivity contribution in [2.24, 2.45) is 11.7 Å². The van der Waals surface area contributed by atoms with Gasteiger partial charge in [-0.2, -0.15) is 5.10 Å². The summed E-state index contributed by atoms with van der Waals surface area (Å²) in [6.45, 7) is 11.3. The predicted octanol–water partition coefficient (Wildman–Crippen LogP) is 3.44. The molecule has 0 spiro atoms. The number of aromatic amines is 1. The van der Waals surface area contributed by atoms with E-state index < -0.39 is 11.8 Å². The topological polar surface area (TPSA) is 139 Å². The fourth-order valence-electron chi connectivity index (χ4n) is 3.28. The Morgan fingerprint density at radius 1 is 1.17 bits per heavy atom. The van der Waals surface area contributed by atoms with Crippen molar-refractivity contribution in [2.75, 3.05) is 18.4 Å². The third kappa shape index (κ3) is 8.95. The van der Waals surface area contributed by atoms with E-state index in [4.69, 9.17) is 10.7 Å². The van der Waals surface area contributed by atoms with Crippen LogP contribution in [-0.2, 0) is 9.59 Å². The second-order valence-corrected chi connectivity index (χ2v) is 9.05. The summed E-state index contributed by atoms with van der Waals surface area (Å²) in [5, 5.41) is 14.2. The first-order valence-corrected chi connectivity index (χ1v) is 11.8. The average molecular weight is 653 g/mol. The number of nitrogens with one attached hydrogen (secondary N) is 3. The molecular weight excluding hydrogens is 623 g/mol. The normalized spacial score (nSPS) is 13.3. The van der Waals surface area contributed by atoms with Gasteiger partial charge in [0.05, 0.1) is 38.8 Å². The Balaban J connectivity index is 0.000000210. The van der Waals surface area contributed by atoms with E-state index in [0.717, 1.165) is 24.0 Å². The SMILES string of the molecule is NC(=O)C(=O)Nc1cncc2cn[nH]c12.[CH2-]C([CH2-])C.[Yb+2].c1ccc2sc(C3CCNCC3)nc2c1. The maximum atomic E-state index is 11.0. The number of pyridine rings is 1. The number of nitrogens with two attached hydrogens (primary N) is 1. The van der Waals surface area contributed by atoms with E-state index >= 15 is 0 Å². The summed E-state index contributed by atoms with van der Waals surface area (Å²) in [5.41, 5.74) is 6.94. The number of rotatable bonds is 2. The van der Waals surface area contributed by atoms with Crippen LogP contribution >= 0.6 is 11.3 Å². The van der Waals surface area contributed by atoms with Crippen LogP contribution in [0.5, 0.6) is 0 Å². The monoisotopic (exact) mass is 653 g/mol. The number of H-pyrrole nitrogens is 1. The number of thiazole rings is 1. The maximum Gasteiger partial charge on any atom is 2.00 e. The molecule has 1 fully saturated rings. The number of carbonyl (C=O) groups excluding carboxylic acids is 2. The molecule has 35 heavy (non-hydrogen) atoms. The molecule has 1 aromatic carbocycles. The van der Waals surface area contributed by atoms with Gasteiger partial charge < -0.3 is 36.1 Å². The van der Waals surface area contributed by atoms with E-state index in [1.807, 2.05) is 18.3 Å². The van der Waals surface area contributed by atoms with Crippen LogP contribution in [0.25, 0.3) is 21.1 Å². The molecule has 5 rings (SSSR count). The van der Waals surface area contributed by atoms with Gasteiger partial charge in [0.2, 0.25) is 0 Å². The van der Waals surface area contributed by atoms with Gasteiger partial charge in [0.1, 0.15) is 0 Å². The van der Waals surface area contributed by atoms with Crippen molar-refractivity contribution in [3.05, 3.63) is 61.7 Å². The Kier molecular flexibility index (Phi) is 12.3. The van der Waals surface area contributed by atoms with Gasteiger partial charge in [0.25, 0.3) is 0 Å². The zero-order chi connectivity index (χ0) is 24.5. The number of aromatic nitrogens is 4. The number of anilines is 1. The van der Waals surface area contributed by atoms with Crippen LogP contribution < -0.4 is 16.4 Å². The summed E-state index contributed by atoms with van der Waals surface area (Å²) in [6.07, 6.45) is 7.02. The van der Waals surface area contributed by atoms with E-state index in [2.05, 4.69) is 63.9 Å². The first kappa shape index (κ1) is 29.4. The van der Waals surface area contributed by atoms with Crippen molar-refractivity contribution in [3.63, 3.8) is 0 Å². The number of benzene rings is 1. The molecular formula is C24H29N7O2SYb. The molecule has 192 valence electrons. The molecule has 9 nitrogen and oxygen atoms in total. The van der Waals surface area contributed by atoms with Crippen molar-refractivity contribution in [1.82, 2.24) is 25.5 Å². The number of piperidine rings is 1. The summed E-state index contributed by atoms with van der Waals surface area (Å²) in [6, 6.07) is 8.43. The minimum atomic E-state index is -1.05. The fourth-order valence-corrected chi connectivity index (χ4v) is 4.41. The molecule has 1 saturated heterocycles. The molecule has 2 amide bonds. The number of carbonyl (C=O) groups is 2. The van der Waals surface area contributed by atoms with E-state index in [1.54, 1.807) is 12.4 Å². The third-order valence-corrected chi connectivity index (χ3v) is 6.02. The minimum Gasteiger partial charge on any atom is -0.370 e. The average Bonchev–Trinajstić information content (AvgIpc) is 3.47. The van der Waals surface area contributed by atoms with E-state index in [0.29, 0.717) is 23.0 Å². The molecule has 11 heteroatoms. The smallest absolute Gasteiger partial charge is 0.370 e. The molecule has 4 aromatic rings. The molecule has 1 aliphatic heterocycles. The zero-order valence-electron chi connectivity index (χ0n) is 19.3. The van der Waals surface area contributed by atoms with Gasteiger partial charge in [-0.05, 0) is 38.1 Å². The van der Waals surface area contributed by atoms with Crippen LogP contribution in [0.1, 0.15) is 30.7 Å². The van der Waals surface area contributed by atoms with Gasteiger partial charge in [-0.25, -0.2) is 4.98 Å². The van der Waals surface area contributed by atoms with E-state index in [9.17, 15) is 9.59 Å². The number of para-hydroxylation sites is 1. The molecule has 3 aromatic heterocycles. The number of hydrogen-bond donors (Lipinski definition) is 4. The Hall–Kier alpha value is -1.85. The molecule has 0 saturated carbocycles. The second kappa shape index (κ2) is 14.6. The number of nitrogens with zero attached hydrogens (tertiary/aromatic N) is 3. The van der Waals surface area contributed by atoms with Gasteiger partial charge in [0, 0.05) is 17.5 Å². The molecule has 0 aliphatic carbocycles. The molecule has 0 unspecified atom stereocenters. The van der Waals surface area contributed by atoms with Crippen LogP contribution in [0.4, 0.5) is 5.69 Å². The van der Waals surface area contributed by atoms with Gasteiger partial charge in [-0.3, -0.25) is 19.7 Å². The quantitative estimate of drug-likeness (QED) is 0.194. The Labute approximate surface area is 247 Å². The Bertz CT molecular complexity index is 1200. The largest absolute Gasteiger partial charge is 2.00 e. The second-order valence-electron chi connectivity index (χ2n) is 7.99. The summed E-state index contributed by atoms with van der Waals surface area (Å²) < 4.78 is 1.33.